The number of piperidine rings is 1. The Hall–Kier alpha value is -2.49. The Balaban J connectivity index is 1.52. The summed E-state index contributed by atoms with van der Waals surface area (Å²) in [6, 6.07) is 14.1. The number of hydrogen-bond donors (Lipinski definition) is 2. The third kappa shape index (κ3) is 6.01. The molecule has 0 saturated carbocycles. The zero-order valence-electron chi connectivity index (χ0n) is 16.9. The molecule has 2 N–H and O–H groups in total. The smallest absolute Gasteiger partial charge is 0.243 e. The van der Waals surface area contributed by atoms with E-state index in [4.69, 9.17) is 17.0 Å². The van der Waals surface area contributed by atoms with E-state index in [1.807, 2.05) is 31.2 Å². The fourth-order valence-corrected chi connectivity index (χ4v) is 4.79. The average molecular weight is 447 g/mol. The number of sulfonamides is 1. The highest BCUT2D eigenvalue weighted by molar-refractivity contribution is 7.89. The molecule has 2 aromatic rings. The minimum Gasteiger partial charge on any atom is -0.494 e. The monoisotopic (exact) mass is 446 g/mol. The highest BCUT2D eigenvalue weighted by Crippen LogP contribution is 2.22. The Morgan fingerprint density at radius 1 is 1.10 bits per heavy atom. The number of thiocarbonyl (C=S) groups is 1. The summed E-state index contributed by atoms with van der Waals surface area (Å²) in [6.45, 7) is 3.74. The van der Waals surface area contributed by atoms with Crippen molar-refractivity contribution in [3.63, 3.8) is 0 Å². The second-order valence-electron chi connectivity index (χ2n) is 6.82. The molecule has 0 atom stereocenters. The molecule has 2 aromatic carbocycles. The molecule has 0 radical (unpaired) electrons. The molecule has 1 fully saturated rings. The molecule has 7 nitrogen and oxygen atoms in total. The van der Waals surface area contributed by atoms with Crippen molar-refractivity contribution in [2.45, 2.75) is 31.1 Å². The summed E-state index contributed by atoms with van der Waals surface area (Å²) in [5, 5.41) is 7.41. The number of nitrogens with one attached hydrogen (secondary N) is 2. The van der Waals surface area contributed by atoms with Gasteiger partial charge in [-0.3, -0.25) is 5.43 Å². The minimum atomic E-state index is -3.43. The fraction of sp³-hybridized carbons (Fsp3) is 0.333. The van der Waals surface area contributed by atoms with Gasteiger partial charge in [-0.1, -0.05) is 6.42 Å². The molecule has 1 aliphatic heterocycles. The van der Waals surface area contributed by atoms with Crippen LogP contribution in [0.4, 0.5) is 5.69 Å². The van der Waals surface area contributed by atoms with Crippen molar-refractivity contribution in [1.29, 1.82) is 0 Å². The van der Waals surface area contributed by atoms with E-state index in [-0.39, 0.29) is 0 Å². The van der Waals surface area contributed by atoms with Crippen LogP contribution >= 0.6 is 12.2 Å². The van der Waals surface area contributed by atoms with Gasteiger partial charge >= 0.3 is 0 Å². The lowest BCUT2D eigenvalue weighted by Crippen LogP contribution is -2.35. The van der Waals surface area contributed by atoms with Crippen molar-refractivity contribution in [2.24, 2.45) is 5.10 Å². The van der Waals surface area contributed by atoms with Gasteiger partial charge in [0.05, 0.1) is 17.7 Å². The Morgan fingerprint density at radius 3 is 2.40 bits per heavy atom. The summed E-state index contributed by atoms with van der Waals surface area (Å²) < 4.78 is 32.3. The summed E-state index contributed by atoms with van der Waals surface area (Å²) in [5.41, 5.74) is 4.33. The maximum absolute atomic E-state index is 12.7. The van der Waals surface area contributed by atoms with Crippen LogP contribution in [0.2, 0.25) is 0 Å². The van der Waals surface area contributed by atoms with Crippen LogP contribution < -0.4 is 15.5 Å². The first-order valence-electron chi connectivity index (χ1n) is 9.92. The maximum Gasteiger partial charge on any atom is 0.243 e. The summed E-state index contributed by atoms with van der Waals surface area (Å²) >= 11 is 5.23. The van der Waals surface area contributed by atoms with Crippen molar-refractivity contribution in [3.05, 3.63) is 54.1 Å². The van der Waals surface area contributed by atoms with E-state index >= 15 is 0 Å². The number of nitrogens with zero attached hydrogens (tertiary/aromatic N) is 2. The summed E-state index contributed by atoms with van der Waals surface area (Å²) in [4.78, 5) is 0.294. The van der Waals surface area contributed by atoms with E-state index in [1.165, 1.54) is 0 Å². The van der Waals surface area contributed by atoms with Crippen LogP contribution in [0, 0.1) is 0 Å². The number of anilines is 1. The highest BCUT2D eigenvalue weighted by Gasteiger charge is 2.25. The normalized spacial score (nSPS) is 15.1. The molecule has 0 aliphatic carbocycles. The predicted octanol–water partition coefficient (Wildman–Crippen LogP) is 3.58. The fourth-order valence-electron chi connectivity index (χ4n) is 3.11. The van der Waals surface area contributed by atoms with Crippen molar-refractivity contribution >= 4 is 39.3 Å². The van der Waals surface area contributed by atoms with Gasteiger partial charge < -0.3 is 10.1 Å². The molecular weight excluding hydrogens is 420 g/mol. The molecule has 1 saturated heterocycles. The molecule has 0 amide bonds. The van der Waals surface area contributed by atoms with Crippen molar-refractivity contribution in [3.8, 4) is 5.75 Å². The number of ether oxygens (including phenoxy) is 1. The lowest BCUT2D eigenvalue weighted by atomic mass is 10.2. The molecule has 0 unspecified atom stereocenters. The van der Waals surface area contributed by atoms with Crippen molar-refractivity contribution in [2.75, 3.05) is 25.0 Å². The van der Waals surface area contributed by atoms with E-state index in [2.05, 4.69) is 15.8 Å². The molecule has 0 bridgehead atoms. The maximum atomic E-state index is 12.7. The van der Waals surface area contributed by atoms with Crippen LogP contribution in [0.5, 0.6) is 5.75 Å². The highest BCUT2D eigenvalue weighted by atomic mass is 32.2. The molecule has 9 heteroatoms. The van der Waals surface area contributed by atoms with Crippen LogP contribution in [0.3, 0.4) is 0 Å². The topological polar surface area (TPSA) is 83.0 Å². The van der Waals surface area contributed by atoms with E-state index in [9.17, 15) is 8.42 Å². The van der Waals surface area contributed by atoms with Crippen LogP contribution in [-0.2, 0) is 10.0 Å². The number of rotatable bonds is 7. The lowest BCUT2D eigenvalue weighted by Gasteiger charge is -2.25. The first-order valence-corrected chi connectivity index (χ1v) is 11.8. The van der Waals surface area contributed by atoms with Gasteiger partial charge in [-0.2, -0.15) is 9.41 Å². The Bertz CT molecular complexity index is 968. The second kappa shape index (κ2) is 10.5. The third-order valence-corrected chi connectivity index (χ3v) is 6.74. The summed E-state index contributed by atoms with van der Waals surface area (Å²) in [5.74, 6) is 0.811. The molecule has 3 rings (SSSR count). The summed E-state index contributed by atoms with van der Waals surface area (Å²) in [6.07, 6.45) is 4.56. The molecule has 160 valence electrons. The zero-order valence-corrected chi connectivity index (χ0v) is 18.5. The van der Waals surface area contributed by atoms with E-state index in [0.29, 0.717) is 35.4 Å². The SMILES string of the molecule is CCOc1ccc(C=NNC(=S)Nc2ccc(S(=O)(=O)N3CCCCC3)cc2)cc1. The Labute approximate surface area is 183 Å². The molecule has 1 heterocycles. The van der Waals surface area contributed by atoms with Gasteiger partial charge in [0.15, 0.2) is 5.11 Å². The number of hydrogen-bond acceptors (Lipinski definition) is 5. The van der Waals surface area contributed by atoms with Gasteiger partial charge in [-0.25, -0.2) is 8.42 Å². The van der Waals surface area contributed by atoms with Gasteiger partial charge in [-0.15, -0.1) is 0 Å². The molecule has 1 aliphatic rings. The Morgan fingerprint density at radius 2 is 1.77 bits per heavy atom. The molecule has 30 heavy (non-hydrogen) atoms. The first kappa shape index (κ1) is 22.2. The van der Waals surface area contributed by atoms with E-state index in [0.717, 1.165) is 30.6 Å². The van der Waals surface area contributed by atoms with Crippen molar-refractivity contribution in [1.82, 2.24) is 9.73 Å². The van der Waals surface area contributed by atoms with Crippen LogP contribution in [0.15, 0.2) is 58.5 Å². The quantitative estimate of drug-likeness (QED) is 0.384. The van der Waals surface area contributed by atoms with E-state index in [1.54, 1.807) is 34.8 Å². The average Bonchev–Trinajstić information content (AvgIpc) is 2.76. The first-order chi connectivity index (χ1) is 14.5. The predicted molar refractivity (Wildman–Crippen MR) is 124 cm³/mol. The van der Waals surface area contributed by atoms with Gasteiger partial charge in [0, 0.05) is 18.8 Å². The van der Waals surface area contributed by atoms with Crippen LogP contribution in [0.25, 0.3) is 0 Å². The molecule has 0 spiro atoms. The van der Waals surface area contributed by atoms with Gasteiger partial charge in [0.2, 0.25) is 10.0 Å². The van der Waals surface area contributed by atoms with Crippen LogP contribution in [-0.4, -0.2) is 43.7 Å². The van der Waals surface area contributed by atoms with Gasteiger partial charge in [0.1, 0.15) is 5.75 Å². The Kier molecular flexibility index (Phi) is 7.78. The minimum absolute atomic E-state index is 0.294. The number of benzene rings is 2. The summed E-state index contributed by atoms with van der Waals surface area (Å²) in [7, 11) is -3.43. The van der Waals surface area contributed by atoms with Crippen LogP contribution in [0.1, 0.15) is 31.7 Å². The lowest BCUT2D eigenvalue weighted by molar-refractivity contribution is 0.340. The largest absolute Gasteiger partial charge is 0.494 e. The van der Waals surface area contributed by atoms with Gasteiger partial charge in [-0.05, 0) is 86.1 Å². The zero-order chi connectivity index (χ0) is 21.4. The van der Waals surface area contributed by atoms with E-state index < -0.39 is 10.0 Å². The third-order valence-electron chi connectivity index (χ3n) is 4.64. The van der Waals surface area contributed by atoms with Gasteiger partial charge in [0.25, 0.3) is 0 Å². The molecule has 0 aromatic heterocycles. The second-order valence-corrected chi connectivity index (χ2v) is 9.16. The molecular formula is C21H26N4O3S2. The standard InChI is InChI=1S/C21H26N4O3S2/c1-2-28-19-10-6-17(7-11-19)16-22-24-21(29)23-18-8-12-20(13-9-18)30(26,27)25-14-4-3-5-15-25/h6-13,16H,2-5,14-15H2,1H3,(H2,23,24,29). The van der Waals surface area contributed by atoms with Crippen molar-refractivity contribution < 1.29 is 13.2 Å². The number of hydrazone groups is 1.